The Labute approximate surface area is 104 Å². The van der Waals surface area contributed by atoms with E-state index in [1.165, 1.54) is 18.2 Å². The van der Waals surface area contributed by atoms with E-state index in [0.717, 1.165) is 6.07 Å². The Morgan fingerprint density at radius 1 is 1.32 bits per heavy atom. The molecule has 0 saturated heterocycles. The fourth-order valence-corrected chi connectivity index (χ4v) is 1.05. The summed E-state index contributed by atoms with van der Waals surface area (Å²) >= 11 is 0. The normalized spacial score (nSPS) is 11.3. The SMILES string of the molecule is O=C(Nc1cccc(OC(F)F)c1)OCC(F)(F)F. The molecule has 0 aliphatic rings. The zero-order valence-electron chi connectivity index (χ0n) is 9.21. The summed E-state index contributed by atoms with van der Waals surface area (Å²) in [6.07, 6.45) is -6.00. The molecule has 1 aromatic carbocycles. The van der Waals surface area contributed by atoms with Crippen LogP contribution in [-0.2, 0) is 4.74 Å². The van der Waals surface area contributed by atoms with Crippen LogP contribution in [0.25, 0.3) is 0 Å². The highest BCUT2D eigenvalue weighted by Crippen LogP contribution is 2.20. The summed E-state index contributed by atoms with van der Waals surface area (Å²) in [4.78, 5) is 11.0. The summed E-state index contributed by atoms with van der Waals surface area (Å²) in [6, 6.07) is 4.75. The minimum atomic E-state index is -4.64. The van der Waals surface area contributed by atoms with Crippen molar-refractivity contribution < 1.29 is 36.2 Å². The number of amides is 1. The molecule has 106 valence electrons. The summed E-state index contributed by atoms with van der Waals surface area (Å²) in [6.45, 7) is -4.79. The van der Waals surface area contributed by atoms with Crippen molar-refractivity contribution in [2.45, 2.75) is 12.8 Å². The van der Waals surface area contributed by atoms with Crippen LogP contribution in [0.2, 0.25) is 0 Å². The lowest BCUT2D eigenvalue weighted by Gasteiger charge is -2.10. The quantitative estimate of drug-likeness (QED) is 0.862. The third-order valence-corrected chi connectivity index (χ3v) is 1.67. The van der Waals surface area contributed by atoms with Crippen LogP contribution in [0.3, 0.4) is 0 Å². The van der Waals surface area contributed by atoms with Gasteiger partial charge in [0.15, 0.2) is 6.61 Å². The molecule has 0 aromatic heterocycles. The molecule has 1 rings (SSSR count). The molecule has 0 aliphatic heterocycles. The first-order chi connectivity index (χ1) is 8.76. The maximum Gasteiger partial charge on any atom is 0.422 e. The van der Waals surface area contributed by atoms with Crippen molar-refractivity contribution in [1.82, 2.24) is 0 Å². The molecule has 9 heteroatoms. The van der Waals surface area contributed by atoms with Crippen LogP contribution >= 0.6 is 0 Å². The van der Waals surface area contributed by atoms with Crippen LogP contribution in [-0.4, -0.2) is 25.5 Å². The number of halogens is 5. The van der Waals surface area contributed by atoms with Crippen molar-refractivity contribution in [3.05, 3.63) is 24.3 Å². The van der Waals surface area contributed by atoms with Gasteiger partial charge >= 0.3 is 18.9 Å². The largest absolute Gasteiger partial charge is 0.440 e. The number of carbonyl (C=O) groups is 1. The van der Waals surface area contributed by atoms with Gasteiger partial charge in [0.2, 0.25) is 0 Å². The van der Waals surface area contributed by atoms with Crippen LogP contribution in [0, 0.1) is 0 Å². The van der Waals surface area contributed by atoms with E-state index in [1.807, 2.05) is 5.32 Å². The first kappa shape index (κ1) is 15.0. The number of benzene rings is 1. The van der Waals surface area contributed by atoms with Gasteiger partial charge in [0, 0.05) is 11.8 Å². The zero-order valence-corrected chi connectivity index (χ0v) is 9.21. The van der Waals surface area contributed by atoms with Crippen molar-refractivity contribution in [2.75, 3.05) is 11.9 Å². The second-order valence-corrected chi connectivity index (χ2v) is 3.22. The third kappa shape index (κ3) is 6.43. The summed E-state index contributed by atoms with van der Waals surface area (Å²) in [7, 11) is 0. The Kier molecular flexibility index (Phi) is 4.90. The highest BCUT2D eigenvalue weighted by molar-refractivity contribution is 5.84. The van der Waals surface area contributed by atoms with E-state index < -0.39 is 25.5 Å². The number of alkyl halides is 5. The number of carbonyl (C=O) groups excluding carboxylic acids is 1. The van der Waals surface area contributed by atoms with Gasteiger partial charge in [0.05, 0.1) is 0 Å². The second kappa shape index (κ2) is 6.21. The maximum atomic E-state index is 11.9. The van der Waals surface area contributed by atoms with E-state index in [0.29, 0.717) is 0 Å². The highest BCUT2D eigenvalue weighted by Gasteiger charge is 2.29. The maximum absolute atomic E-state index is 11.9. The number of nitrogens with one attached hydrogen (secondary N) is 1. The lowest BCUT2D eigenvalue weighted by molar-refractivity contribution is -0.159. The van der Waals surface area contributed by atoms with E-state index in [9.17, 15) is 26.7 Å². The topological polar surface area (TPSA) is 47.6 Å². The number of rotatable bonds is 4. The first-order valence-corrected chi connectivity index (χ1v) is 4.82. The molecule has 0 saturated carbocycles. The van der Waals surface area contributed by atoms with Crippen molar-refractivity contribution in [3.8, 4) is 5.75 Å². The van der Waals surface area contributed by atoms with Gasteiger partial charge in [-0.05, 0) is 12.1 Å². The van der Waals surface area contributed by atoms with E-state index >= 15 is 0 Å². The number of ether oxygens (including phenoxy) is 2. The summed E-state index contributed by atoms with van der Waals surface area (Å²) in [5.74, 6) is -0.247. The van der Waals surface area contributed by atoms with Gasteiger partial charge in [-0.1, -0.05) is 6.07 Å². The molecular formula is C10H8F5NO3. The molecule has 19 heavy (non-hydrogen) atoms. The predicted molar refractivity (Wildman–Crippen MR) is 54.1 cm³/mol. The van der Waals surface area contributed by atoms with E-state index in [2.05, 4.69) is 9.47 Å². The Morgan fingerprint density at radius 3 is 2.58 bits per heavy atom. The van der Waals surface area contributed by atoms with E-state index in [1.54, 1.807) is 0 Å². The fraction of sp³-hybridized carbons (Fsp3) is 0.300. The Bertz CT molecular complexity index is 435. The molecule has 0 atom stereocenters. The van der Waals surface area contributed by atoms with E-state index in [4.69, 9.17) is 0 Å². The smallest absolute Gasteiger partial charge is 0.422 e. The molecule has 0 spiro atoms. The van der Waals surface area contributed by atoms with Crippen LogP contribution < -0.4 is 10.1 Å². The van der Waals surface area contributed by atoms with E-state index in [-0.39, 0.29) is 11.4 Å². The Balaban J connectivity index is 2.54. The summed E-state index contributed by atoms with van der Waals surface area (Å²) in [5, 5.41) is 1.94. The molecule has 0 bridgehead atoms. The average molecular weight is 285 g/mol. The van der Waals surface area contributed by atoms with Crippen LogP contribution in [0.4, 0.5) is 32.4 Å². The monoisotopic (exact) mass is 285 g/mol. The number of hydrogen-bond acceptors (Lipinski definition) is 3. The molecule has 0 radical (unpaired) electrons. The summed E-state index contributed by atoms with van der Waals surface area (Å²) in [5.41, 5.74) is -0.0367. The average Bonchev–Trinajstić information content (AvgIpc) is 2.25. The molecule has 0 heterocycles. The van der Waals surface area contributed by atoms with Crippen LogP contribution in [0.1, 0.15) is 0 Å². The van der Waals surface area contributed by atoms with Crippen LogP contribution in [0.5, 0.6) is 5.75 Å². The molecule has 1 aromatic rings. The van der Waals surface area contributed by atoms with Gasteiger partial charge in [-0.3, -0.25) is 5.32 Å². The van der Waals surface area contributed by atoms with Gasteiger partial charge in [0.1, 0.15) is 5.75 Å². The van der Waals surface area contributed by atoms with Gasteiger partial charge in [-0.2, -0.15) is 22.0 Å². The minimum absolute atomic E-state index is 0.0367. The van der Waals surface area contributed by atoms with Crippen LogP contribution in [0.15, 0.2) is 24.3 Å². The standard InChI is InChI=1S/C10H8F5NO3/c11-8(12)19-7-3-1-2-6(4-7)16-9(17)18-5-10(13,14)15/h1-4,8H,5H2,(H,16,17). The molecule has 4 nitrogen and oxygen atoms in total. The van der Waals surface area contributed by atoms with Crippen molar-refractivity contribution in [3.63, 3.8) is 0 Å². The lowest BCUT2D eigenvalue weighted by Crippen LogP contribution is -2.23. The first-order valence-electron chi connectivity index (χ1n) is 4.82. The minimum Gasteiger partial charge on any atom is -0.440 e. The molecular weight excluding hydrogens is 277 g/mol. The lowest BCUT2D eigenvalue weighted by atomic mass is 10.3. The Morgan fingerprint density at radius 2 is 2.00 bits per heavy atom. The van der Waals surface area contributed by atoms with Gasteiger partial charge in [0.25, 0.3) is 0 Å². The van der Waals surface area contributed by atoms with Gasteiger partial charge in [-0.15, -0.1) is 0 Å². The predicted octanol–water partition coefficient (Wildman–Crippen LogP) is 3.40. The molecule has 0 fully saturated rings. The molecule has 1 N–H and O–H groups in total. The van der Waals surface area contributed by atoms with Crippen molar-refractivity contribution in [2.24, 2.45) is 0 Å². The molecule has 0 unspecified atom stereocenters. The number of anilines is 1. The summed E-state index contributed by atoms with van der Waals surface area (Å²) < 4.78 is 67.0. The molecule has 0 aliphatic carbocycles. The molecule has 1 amide bonds. The highest BCUT2D eigenvalue weighted by atomic mass is 19.4. The van der Waals surface area contributed by atoms with Gasteiger partial charge < -0.3 is 9.47 Å². The van der Waals surface area contributed by atoms with Crippen molar-refractivity contribution in [1.29, 1.82) is 0 Å². The fourth-order valence-electron chi connectivity index (χ4n) is 1.05. The number of hydrogen-bond donors (Lipinski definition) is 1. The third-order valence-electron chi connectivity index (χ3n) is 1.67. The Hall–Kier alpha value is -2.06. The zero-order chi connectivity index (χ0) is 14.5. The van der Waals surface area contributed by atoms with Gasteiger partial charge in [-0.25, -0.2) is 4.79 Å². The van der Waals surface area contributed by atoms with Crippen molar-refractivity contribution >= 4 is 11.8 Å². The second-order valence-electron chi connectivity index (χ2n) is 3.22.